The maximum absolute atomic E-state index is 9.04. The molecule has 0 radical (unpaired) electrons. The lowest BCUT2D eigenvalue weighted by Gasteiger charge is -2.37. The third kappa shape index (κ3) is 2.25. The number of nitrogens with two attached hydrogens (primary N) is 1. The quantitative estimate of drug-likeness (QED) is 0.893. The van der Waals surface area contributed by atoms with Crippen LogP contribution in [0.4, 0.5) is 10.7 Å². The minimum absolute atomic E-state index is 0.407. The van der Waals surface area contributed by atoms with E-state index in [2.05, 4.69) is 24.8 Å². The average molecular weight is 265 g/mol. The molecular weight excluding hydrogens is 246 g/mol. The van der Waals surface area contributed by atoms with Crippen LogP contribution >= 0.6 is 11.3 Å². The second kappa shape index (κ2) is 4.69. The number of nitrogen functional groups attached to an aromatic ring is 1. The van der Waals surface area contributed by atoms with E-state index in [0.717, 1.165) is 30.9 Å². The Kier molecular flexibility index (Phi) is 3.40. The van der Waals surface area contributed by atoms with Gasteiger partial charge in [-0.15, -0.1) is 11.3 Å². The van der Waals surface area contributed by atoms with E-state index < -0.39 is 0 Å². The summed E-state index contributed by atoms with van der Waals surface area (Å²) in [6, 6.07) is 2.13. The van der Waals surface area contributed by atoms with E-state index in [9.17, 15) is 0 Å². The summed E-state index contributed by atoms with van der Waals surface area (Å²) in [5.74, 6) is 0.663. The van der Waals surface area contributed by atoms with Crippen LogP contribution in [0.2, 0.25) is 0 Å². The Morgan fingerprint density at radius 1 is 1.39 bits per heavy atom. The molecule has 1 aliphatic heterocycles. The third-order valence-corrected chi connectivity index (χ3v) is 4.74. The van der Waals surface area contributed by atoms with E-state index >= 15 is 0 Å². The Balaban J connectivity index is 2.27. The number of hydrogen-bond donors (Lipinski definition) is 1. The molecule has 0 unspecified atom stereocenters. The zero-order valence-electron chi connectivity index (χ0n) is 11.1. The van der Waals surface area contributed by atoms with Crippen LogP contribution in [0.5, 0.6) is 5.75 Å². The normalized spacial score (nSPS) is 18.4. The molecule has 0 bridgehead atoms. The van der Waals surface area contributed by atoms with Crippen molar-refractivity contribution in [3.05, 3.63) is 4.88 Å². The molecule has 1 aromatic heterocycles. The van der Waals surface area contributed by atoms with Crippen molar-refractivity contribution in [2.24, 2.45) is 5.41 Å². The highest BCUT2D eigenvalue weighted by molar-refractivity contribution is 7.17. The highest BCUT2D eigenvalue weighted by atomic mass is 32.1. The zero-order chi connectivity index (χ0) is 13.3. The van der Waals surface area contributed by atoms with Crippen molar-refractivity contribution in [2.75, 3.05) is 30.8 Å². The lowest BCUT2D eigenvalue weighted by Crippen LogP contribution is -2.37. The molecular formula is C13H19N3OS. The Morgan fingerprint density at radius 2 is 2.00 bits per heavy atom. The summed E-state index contributed by atoms with van der Waals surface area (Å²) >= 11 is 1.43. The van der Waals surface area contributed by atoms with Crippen molar-refractivity contribution in [2.45, 2.75) is 26.7 Å². The van der Waals surface area contributed by atoms with Crippen molar-refractivity contribution in [3.8, 4) is 11.8 Å². The number of nitriles is 1. The third-order valence-electron chi connectivity index (χ3n) is 3.59. The lowest BCUT2D eigenvalue weighted by atomic mass is 9.83. The molecule has 1 fully saturated rings. The minimum atomic E-state index is 0.407. The summed E-state index contributed by atoms with van der Waals surface area (Å²) in [5.41, 5.74) is 6.81. The monoisotopic (exact) mass is 265 g/mol. The van der Waals surface area contributed by atoms with Crippen LogP contribution in [0.1, 0.15) is 31.6 Å². The van der Waals surface area contributed by atoms with Crippen LogP contribution in [-0.4, -0.2) is 20.2 Å². The standard InChI is InChI=1S/C13H19N3OS/c1-13(2)4-6-16(7-5-13)12-11(17-3)10(15)9(8-14)18-12/h4-7,15H2,1-3H3. The Morgan fingerprint density at radius 3 is 2.50 bits per heavy atom. The topological polar surface area (TPSA) is 62.3 Å². The largest absolute Gasteiger partial charge is 0.492 e. The molecule has 2 heterocycles. The molecule has 1 aliphatic rings. The van der Waals surface area contributed by atoms with Gasteiger partial charge in [0, 0.05) is 13.1 Å². The Labute approximate surface area is 112 Å². The van der Waals surface area contributed by atoms with Crippen molar-refractivity contribution in [1.29, 1.82) is 5.26 Å². The van der Waals surface area contributed by atoms with Gasteiger partial charge >= 0.3 is 0 Å². The average Bonchev–Trinajstić information content (AvgIpc) is 2.65. The molecule has 0 aromatic carbocycles. The van der Waals surface area contributed by atoms with Gasteiger partial charge in [-0.05, 0) is 18.3 Å². The van der Waals surface area contributed by atoms with Gasteiger partial charge in [0.1, 0.15) is 21.6 Å². The minimum Gasteiger partial charge on any atom is -0.492 e. The molecule has 2 N–H and O–H groups in total. The van der Waals surface area contributed by atoms with Gasteiger partial charge in [-0.2, -0.15) is 5.26 Å². The molecule has 18 heavy (non-hydrogen) atoms. The molecule has 0 spiro atoms. The summed E-state index contributed by atoms with van der Waals surface area (Å²) in [6.45, 7) is 6.58. The molecule has 0 aliphatic carbocycles. The summed E-state index contributed by atoms with van der Waals surface area (Å²) in [5, 5.41) is 10.0. The molecule has 4 nitrogen and oxygen atoms in total. The van der Waals surface area contributed by atoms with E-state index in [1.54, 1.807) is 7.11 Å². The van der Waals surface area contributed by atoms with E-state index in [1.165, 1.54) is 11.3 Å². The van der Waals surface area contributed by atoms with Crippen LogP contribution < -0.4 is 15.4 Å². The molecule has 0 amide bonds. The molecule has 2 rings (SSSR count). The van der Waals surface area contributed by atoms with E-state index in [0.29, 0.717) is 21.7 Å². The van der Waals surface area contributed by atoms with Gasteiger partial charge in [0.2, 0.25) is 0 Å². The number of hydrogen-bond acceptors (Lipinski definition) is 5. The lowest BCUT2D eigenvalue weighted by molar-refractivity contribution is 0.279. The zero-order valence-corrected chi connectivity index (χ0v) is 11.9. The first-order valence-corrected chi connectivity index (χ1v) is 6.91. The fourth-order valence-corrected chi connectivity index (χ4v) is 3.26. The van der Waals surface area contributed by atoms with Crippen LogP contribution in [-0.2, 0) is 0 Å². The summed E-state index contributed by atoms with van der Waals surface area (Å²) in [4.78, 5) is 2.83. The molecule has 0 atom stereocenters. The number of anilines is 2. The Bertz CT molecular complexity index is 477. The Hall–Kier alpha value is -1.41. The van der Waals surface area contributed by atoms with E-state index in [1.807, 2.05) is 0 Å². The molecule has 1 saturated heterocycles. The van der Waals surface area contributed by atoms with Crippen molar-refractivity contribution in [3.63, 3.8) is 0 Å². The molecule has 98 valence electrons. The number of methoxy groups -OCH3 is 1. The van der Waals surface area contributed by atoms with Crippen molar-refractivity contribution < 1.29 is 4.74 Å². The second-order valence-electron chi connectivity index (χ2n) is 5.45. The maximum atomic E-state index is 9.04. The number of nitrogens with zero attached hydrogens (tertiary/aromatic N) is 2. The predicted molar refractivity (Wildman–Crippen MR) is 75.2 cm³/mol. The van der Waals surface area contributed by atoms with Gasteiger partial charge in [0.05, 0.1) is 7.11 Å². The van der Waals surface area contributed by atoms with Crippen LogP contribution in [0.3, 0.4) is 0 Å². The highest BCUT2D eigenvalue weighted by Crippen LogP contribution is 2.46. The van der Waals surface area contributed by atoms with Gasteiger partial charge in [-0.1, -0.05) is 13.8 Å². The molecule has 1 aromatic rings. The number of ether oxygens (including phenoxy) is 1. The van der Waals surface area contributed by atoms with E-state index in [4.69, 9.17) is 15.7 Å². The SMILES string of the molecule is COc1c(N2CCC(C)(C)CC2)sc(C#N)c1N. The first-order valence-electron chi connectivity index (χ1n) is 6.10. The smallest absolute Gasteiger partial charge is 0.177 e. The van der Waals surface area contributed by atoms with Crippen LogP contribution in [0.15, 0.2) is 0 Å². The summed E-state index contributed by atoms with van der Waals surface area (Å²) < 4.78 is 5.36. The molecule has 0 saturated carbocycles. The number of thiophene rings is 1. The fraction of sp³-hybridized carbons (Fsp3) is 0.615. The van der Waals surface area contributed by atoms with Gasteiger partial charge in [0.25, 0.3) is 0 Å². The number of rotatable bonds is 2. The summed E-state index contributed by atoms with van der Waals surface area (Å²) in [6.07, 6.45) is 2.30. The maximum Gasteiger partial charge on any atom is 0.177 e. The molecule has 5 heteroatoms. The van der Waals surface area contributed by atoms with Crippen LogP contribution in [0.25, 0.3) is 0 Å². The van der Waals surface area contributed by atoms with Gasteiger partial charge in [-0.25, -0.2) is 0 Å². The van der Waals surface area contributed by atoms with Crippen LogP contribution in [0, 0.1) is 16.7 Å². The van der Waals surface area contributed by atoms with Gasteiger partial charge in [-0.3, -0.25) is 0 Å². The summed E-state index contributed by atoms with van der Waals surface area (Å²) in [7, 11) is 1.61. The van der Waals surface area contributed by atoms with E-state index in [-0.39, 0.29) is 0 Å². The van der Waals surface area contributed by atoms with Crippen molar-refractivity contribution in [1.82, 2.24) is 0 Å². The number of piperidine rings is 1. The first-order chi connectivity index (χ1) is 8.48. The first kappa shape index (κ1) is 13.0. The van der Waals surface area contributed by atoms with Gasteiger partial charge < -0.3 is 15.4 Å². The van der Waals surface area contributed by atoms with Gasteiger partial charge in [0.15, 0.2) is 5.75 Å². The predicted octanol–water partition coefficient (Wildman–Crippen LogP) is 2.84. The highest BCUT2D eigenvalue weighted by Gasteiger charge is 2.29. The fourth-order valence-electron chi connectivity index (χ4n) is 2.22. The second-order valence-corrected chi connectivity index (χ2v) is 6.45. The van der Waals surface area contributed by atoms with Crippen molar-refractivity contribution >= 4 is 22.0 Å².